The van der Waals surface area contributed by atoms with Crippen molar-refractivity contribution in [3.63, 3.8) is 0 Å². The molecule has 8 nitrogen and oxygen atoms in total. The van der Waals surface area contributed by atoms with Crippen molar-refractivity contribution in [3.8, 4) is 0 Å². The lowest BCUT2D eigenvalue weighted by atomic mass is 10.0. The van der Waals surface area contributed by atoms with Crippen LogP contribution in [-0.2, 0) is 9.53 Å². The fourth-order valence-corrected chi connectivity index (χ4v) is 3.09. The van der Waals surface area contributed by atoms with E-state index in [1.54, 1.807) is 6.92 Å². The molecule has 0 aromatic heterocycles. The summed E-state index contributed by atoms with van der Waals surface area (Å²) < 4.78 is 5.69. The summed E-state index contributed by atoms with van der Waals surface area (Å²) >= 11 is 0. The van der Waals surface area contributed by atoms with Crippen LogP contribution in [-0.4, -0.2) is 80.7 Å². The number of aliphatic hydroxyl groups excluding tert-OH is 5. The summed E-state index contributed by atoms with van der Waals surface area (Å²) in [6.07, 6.45) is -2.91. The van der Waals surface area contributed by atoms with Crippen molar-refractivity contribution in [3.05, 3.63) is 0 Å². The number of nitrogens with one attached hydrogen (secondary N) is 1. The standard InChI is InChI=1S/C18H35NO7/c1-3-6-16(23)19-12(14(22)9-11(20)4-2)10-26-15-8-5-7-13(21)17(24)18(15)25/h11-15,17-18,20-22,24-25H,3-10H2,1-2H3,(H,19,23). The molecule has 6 N–H and O–H groups in total. The predicted octanol–water partition coefficient (Wildman–Crippen LogP) is -0.555. The minimum atomic E-state index is -1.29. The Balaban J connectivity index is 2.69. The molecule has 0 radical (unpaired) electrons. The molecule has 0 aromatic rings. The van der Waals surface area contributed by atoms with E-state index >= 15 is 0 Å². The molecule has 154 valence electrons. The maximum atomic E-state index is 11.9. The normalized spacial score (nSPS) is 30.3. The van der Waals surface area contributed by atoms with Gasteiger partial charge in [-0.15, -0.1) is 0 Å². The second kappa shape index (κ2) is 11.8. The first-order valence-electron chi connectivity index (χ1n) is 9.61. The molecule has 7 unspecified atom stereocenters. The highest BCUT2D eigenvalue weighted by Gasteiger charge is 2.35. The van der Waals surface area contributed by atoms with Crippen LogP contribution in [0.15, 0.2) is 0 Å². The molecule has 0 spiro atoms. The van der Waals surface area contributed by atoms with Gasteiger partial charge in [0.05, 0.1) is 37.1 Å². The van der Waals surface area contributed by atoms with Gasteiger partial charge in [-0.1, -0.05) is 13.8 Å². The Morgan fingerprint density at radius 2 is 1.85 bits per heavy atom. The number of amides is 1. The molecule has 8 heteroatoms. The molecule has 0 bridgehead atoms. The Morgan fingerprint density at radius 1 is 1.15 bits per heavy atom. The molecular weight excluding hydrogens is 342 g/mol. The molecule has 0 aromatic carbocycles. The van der Waals surface area contributed by atoms with Gasteiger partial charge in [-0.25, -0.2) is 0 Å². The lowest BCUT2D eigenvalue weighted by Crippen LogP contribution is -2.50. The van der Waals surface area contributed by atoms with Crippen LogP contribution in [0.4, 0.5) is 0 Å². The van der Waals surface area contributed by atoms with Crippen LogP contribution in [0.1, 0.15) is 58.8 Å². The van der Waals surface area contributed by atoms with Crippen molar-refractivity contribution < 1.29 is 35.1 Å². The van der Waals surface area contributed by atoms with Gasteiger partial charge in [-0.2, -0.15) is 0 Å². The van der Waals surface area contributed by atoms with Gasteiger partial charge in [0.1, 0.15) is 12.2 Å². The summed E-state index contributed by atoms with van der Waals surface area (Å²) in [7, 11) is 0. The van der Waals surface area contributed by atoms with Gasteiger partial charge in [0, 0.05) is 12.8 Å². The molecule has 7 atom stereocenters. The molecule has 26 heavy (non-hydrogen) atoms. The maximum absolute atomic E-state index is 11.9. The largest absolute Gasteiger partial charge is 0.393 e. The number of carbonyl (C=O) groups excluding carboxylic acids is 1. The molecular formula is C18H35NO7. The van der Waals surface area contributed by atoms with E-state index in [4.69, 9.17) is 4.74 Å². The van der Waals surface area contributed by atoms with E-state index in [1.165, 1.54) is 0 Å². The smallest absolute Gasteiger partial charge is 0.220 e. The van der Waals surface area contributed by atoms with Gasteiger partial charge in [-0.05, 0) is 32.1 Å². The van der Waals surface area contributed by atoms with Gasteiger partial charge >= 0.3 is 0 Å². The average molecular weight is 377 g/mol. The SMILES string of the molecule is CCCC(=O)NC(COC1CCCC(O)C(O)C1O)C(O)CC(O)CC. The van der Waals surface area contributed by atoms with E-state index < -0.39 is 42.7 Å². The van der Waals surface area contributed by atoms with Crippen LogP contribution < -0.4 is 5.32 Å². The Kier molecular flexibility index (Phi) is 10.6. The zero-order valence-electron chi connectivity index (χ0n) is 15.8. The Morgan fingerprint density at radius 3 is 2.46 bits per heavy atom. The summed E-state index contributed by atoms with van der Waals surface area (Å²) in [5, 5.41) is 52.6. The monoisotopic (exact) mass is 377 g/mol. The van der Waals surface area contributed by atoms with Crippen molar-refractivity contribution in [2.24, 2.45) is 0 Å². The second-order valence-electron chi connectivity index (χ2n) is 7.14. The molecule has 0 aliphatic heterocycles. The molecule has 1 aliphatic rings. The first kappa shape index (κ1) is 23.3. The number of rotatable bonds is 10. The molecule has 1 amide bonds. The minimum absolute atomic E-state index is 0.0579. The lowest BCUT2D eigenvalue weighted by Gasteiger charge is -2.30. The van der Waals surface area contributed by atoms with E-state index in [9.17, 15) is 30.3 Å². The van der Waals surface area contributed by atoms with Gasteiger partial charge in [0.25, 0.3) is 0 Å². The van der Waals surface area contributed by atoms with Crippen LogP contribution in [0.3, 0.4) is 0 Å². The van der Waals surface area contributed by atoms with Crippen molar-refractivity contribution in [2.75, 3.05) is 6.61 Å². The van der Waals surface area contributed by atoms with Crippen molar-refractivity contribution in [1.82, 2.24) is 5.32 Å². The number of aliphatic hydroxyl groups is 5. The summed E-state index contributed by atoms with van der Waals surface area (Å²) in [6.45, 7) is 3.61. The highest BCUT2D eigenvalue weighted by molar-refractivity contribution is 5.76. The third-order valence-electron chi connectivity index (χ3n) is 4.88. The van der Waals surface area contributed by atoms with Gasteiger partial charge < -0.3 is 35.6 Å². The van der Waals surface area contributed by atoms with E-state index in [0.29, 0.717) is 38.5 Å². The highest BCUT2D eigenvalue weighted by Crippen LogP contribution is 2.22. The van der Waals surface area contributed by atoms with Gasteiger partial charge in [0.2, 0.25) is 5.91 Å². The Hall–Kier alpha value is -0.770. The fraction of sp³-hybridized carbons (Fsp3) is 0.944. The molecule has 1 fully saturated rings. The van der Waals surface area contributed by atoms with Crippen LogP contribution in [0.25, 0.3) is 0 Å². The molecule has 1 saturated carbocycles. The fourth-order valence-electron chi connectivity index (χ4n) is 3.09. The van der Waals surface area contributed by atoms with Crippen LogP contribution in [0.2, 0.25) is 0 Å². The van der Waals surface area contributed by atoms with Crippen molar-refractivity contribution in [1.29, 1.82) is 0 Å². The highest BCUT2D eigenvalue weighted by atomic mass is 16.5. The number of carbonyl (C=O) groups is 1. The molecule has 0 heterocycles. The van der Waals surface area contributed by atoms with E-state index in [1.807, 2.05) is 6.92 Å². The minimum Gasteiger partial charge on any atom is -0.393 e. The number of hydrogen-bond donors (Lipinski definition) is 6. The predicted molar refractivity (Wildman–Crippen MR) is 95.4 cm³/mol. The van der Waals surface area contributed by atoms with Gasteiger partial charge in [0.15, 0.2) is 0 Å². The topological polar surface area (TPSA) is 139 Å². The summed E-state index contributed by atoms with van der Waals surface area (Å²) in [6, 6.07) is -0.729. The summed E-state index contributed by atoms with van der Waals surface area (Å²) in [4.78, 5) is 11.9. The zero-order chi connectivity index (χ0) is 19.7. The third kappa shape index (κ3) is 7.46. The maximum Gasteiger partial charge on any atom is 0.220 e. The first-order chi connectivity index (χ1) is 12.3. The van der Waals surface area contributed by atoms with Crippen molar-refractivity contribution in [2.45, 2.75) is 101 Å². The molecule has 1 aliphatic carbocycles. The van der Waals surface area contributed by atoms with E-state index in [-0.39, 0.29) is 18.9 Å². The van der Waals surface area contributed by atoms with Crippen LogP contribution in [0.5, 0.6) is 0 Å². The second-order valence-corrected chi connectivity index (χ2v) is 7.14. The molecule has 1 rings (SSSR count). The van der Waals surface area contributed by atoms with Crippen molar-refractivity contribution >= 4 is 5.91 Å². The Bertz CT molecular complexity index is 409. The van der Waals surface area contributed by atoms with Crippen LogP contribution in [0, 0.1) is 0 Å². The van der Waals surface area contributed by atoms with E-state index in [2.05, 4.69) is 5.32 Å². The van der Waals surface area contributed by atoms with Crippen LogP contribution >= 0.6 is 0 Å². The first-order valence-corrected chi connectivity index (χ1v) is 9.61. The quantitative estimate of drug-likeness (QED) is 0.281. The summed E-state index contributed by atoms with van der Waals surface area (Å²) in [5.41, 5.74) is 0. The number of ether oxygens (including phenoxy) is 1. The molecule has 0 saturated heterocycles. The van der Waals surface area contributed by atoms with E-state index in [0.717, 1.165) is 0 Å². The van der Waals surface area contributed by atoms with Gasteiger partial charge in [-0.3, -0.25) is 4.79 Å². The lowest BCUT2D eigenvalue weighted by molar-refractivity contribution is -0.130. The zero-order valence-corrected chi connectivity index (χ0v) is 15.8. The third-order valence-corrected chi connectivity index (χ3v) is 4.88. The average Bonchev–Trinajstić information content (AvgIpc) is 2.72. The summed E-state index contributed by atoms with van der Waals surface area (Å²) in [5.74, 6) is -0.219. The Labute approximate surface area is 155 Å². The number of hydrogen-bond acceptors (Lipinski definition) is 7.